The normalized spacial score (nSPS) is 10.2. The summed E-state index contributed by atoms with van der Waals surface area (Å²) in [5, 5.41) is 12.3. The lowest BCUT2D eigenvalue weighted by Gasteiger charge is -2.14. The van der Waals surface area contributed by atoms with E-state index < -0.39 is 5.97 Å². The Labute approximate surface area is 183 Å². The van der Waals surface area contributed by atoms with Crippen molar-refractivity contribution in [1.82, 2.24) is 5.32 Å². The highest BCUT2D eigenvalue weighted by molar-refractivity contribution is 5.87. The average Bonchev–Trinajstić information content (AvgIpc) is 2.74. The Balaban J connectivity index is 0.00000320. The molecule has 0 spiro atoms. The van der Waals surface area contributed by atoms with Gasteiger partial charge in [-0.25, -0.2) is 4.79 Å². The number of benzene rings is 3. The van der Waals surface area contributed by atoms with Crippen LogP contribution >= 0.6 is 12.4 Å². The van der Waals surface area contributed by atoms with Crippen molar-refractivity contribution in [1.29, 1.82) is 0 Å². The molecule has 0 aromatic heterocycles. The number of ether oxygens (including phenoxy) is 2. The van der Waals surface area contributed by atoms with Crippen LogP contribution in [0.5, 0.6) is 11.5 Å². The molecule has 0 saturated heterocycles. The third kappa shape index (κ3) is 6.79. The van der Waals surface area contributed by atoms with Gasteiger partial charge in [0, 0.05) is 13.1 Å². The summed E-state index contributed by atoms with van der Waals surface area (Å²) in [6, 6.07) is 22.8. The van der Waals surface area contributed by atoms with E-state index in [1.807, 2.05) is 67.6 Å². The molecule has 5 nitrogen and oxygen atoms in total. The summed E-state index contributed by atoms with van der Waals surface area (Å²) in [7, 11) is 0. The molecule has 30 heavy (non-hydrogen) atoms. The van der Waals surface area contributed by atoms with Crippen LogP contribution < -0.4 is 14.8 Å². The minimum Gasteiger partial charge on any atom is -0.490 e. The van der Waals surface area contributed by atoms with E-state index in [2.05, 4.69) is 5.32 Å². The molecule has 3 aromatic rings. The van der Waals surface area contributed by atoms with E-state index in [1.165, 1.54) is 0 Å². The van der Waals surface area contributed by atoms with Crippen molar-refractivity contribution in [2.75, 3.05) is 6.61 Å². The van der Waals surface area contributed by atoms with Gasteiger partial charge in [-0.2, -0.15) is 0 Å². The number of hydrogen-bond donors (Lipinski definition) is 2. The predicted molar refractivity (Wildman–Crippen MR) is 120 cm³/mol. The molecule has 0 bridgehead atoms. The molecule has 0 aliphatic carbocycles. The number of carboxylic acids is 1. The highest BCUT2D eigenvalue weighted by Gasteiger charge is 2.08. The number of aromatic carboxylic acids is 1. The molecule has 0 amide bonds. The molecule has 0 aliphatic rings. The zero-order valence-corrected chi connectivity index (χ0v) is 17.7. The first kappa shape index (κ1) is 23.3. The van der Waals surface area contributed by atoms with Gasteiger partial charge in [-0.3, -0.25) is 0 Å². The van der Waals surface area contributed by atoms with E-state index in [1.54, 1.807) is 12.1 Å². The standard InChI is InChI=1S/C24H25NO4.ClH/c1-2-28-23-14-20(10-13-22(23)29-17-19-6-4-3-5-7-19)16-25-15-18-8-11-21(12-9-18)24(26)27;/h3-14,25H,2,15-17H2,1H3,(H,26,27);1H. The minimum absolute atomic E-state index is 0. The summed E-state index contributed by atoms with van der Waals surface area (Å²) in [5.41, 5.74) is 3.52. The number of rotatable bonds is 10. The second-order valence-electron chi connectivity index (χ2n) is 6.59. The molecule has 0 atom stereocenters. The first-order chi connectivity index (χ1) is 14.2. The van der Waals surface area contributed by atoms with E-state index >= 15 is 0 Å². The Kier molecular flexibility index (Phi) is 9.19. The van der Waals surface area contributed by atoms with E-state index in [4.69, 9.17) is 14.6 Å². The largest absolute Gasteiger partial charge is 0.490 e. The summed E-state index contributed by atoms with van der Waals surface area (Å²) >= 11 is 0. The average molecular weight is 428 g/mol. The lowest BCUT2D eigenvalue weighted by Crippen LogP contribution is -2.13. The molecule has 0 fully saturated rings. The van der Waals surface area contributed by atoms with Crippen LogP contribution in [0.25, 0.3) is 0 Å². The highest BCUT2D eigenvalue weighted by atomic mass is 35.5. The molecule has 0 aliphatic heterocycles. The zero-order chi connectivity index (χ0) is 20.5. The molecule has 6 heteroatoms. The van der Waals surface area contributed by atoms with Crippen LogP contribution in [0.15, 0.2) is 72.8 Å². The Morgan fingerprint density at radius 3 is 2.17 bits per heavy atom. The van der Waals surface area contributed by atoms with Crippen LogP contribution in [-0.4, -0.2) is 17.7 Å². The van der Waals surface area contributed by atoms with Crippen LogP contribution in [0.4, 0.5) is 0 Å². The summed E-state index contributed by atoms with van der Waals surface area (Å²) in [6.45, 7) is 4.32. The number of nitrogens with one attached hydrogen (secondary N) is 1. The summed E-state index contributed by atoms with van der Waals surface area (Å²) in [5.74, 6) is 0.541. The van der Waals surface area contributed by atoms with Gasteiger partial charge in [-0.1, -0.05) is 48.5 Å². The lowest BCUT2D eigenvalue weighted by molar-refractivity contribution is 0.0697. The van der Waals surface area contributed by atoms with Crippen LogP contribution in [0.3, 0.4) is 0 Å². The molecular weight excluding hydrogens is 402 g/mol. The number of halogens is 1. The summed E-state index contributed by atoms with van der Waals surface area (Å²) < 4.78 is 11.7. The van der Waals surface area contributed by atoms with Crippen molar-refractivity contribution in [3.05, 3.63) is 95.1 Å². The Morgan fingerprint density at radius 2 is 1.50 bits per heavy atom. The molecule has 0 heterocycles. The molecule has 2 N–H and O–H groups in total. The van der Waals surface area contributed by atoms with E-state index in [-0.39, 0.29) is 12.4 Å². The molecule has 0 saturated carbocycles. The molecule has 158 valence electrons. The van der Waals surface area contributed by atoms with Gasteiger partial charge in [0.1, 0.15) is 6.61 Å². The fraction of sp³-hybridized carbons (Fsp3) is 0.208. The first-order valence-corrected chi connectivity index (χ1v) is 9.61. The monoisotopic (exact) mass is 427 g/mol. The predicted octanol–water partition coefficient (Wildman–Crippen LogP) is 5.07. The smallest absolute Gasteiger partial charge is 0.335 e. The van der Waals surface area contributed by atoms with Gasteiger partial charge in [-0.05, 0) is 47.9 Å². The van der Waals surface area contributed by atoms with E-state index in [0.29, 0.717) is 31.9 Å². The maximum Gasteiger partial charge on any atom is 0.335 e. The molecule has 3 aromatic carbocycles. The Bertz CT molecular complexity index is 930. The van der Waals surface area contributed by atoms with Crippen molar-refractivity contribution in [2.24, 2.45) is 0 Å². The fourth-order valence-electron chi connectivity index (χ4n) is 2.90. The number of hydrogen-bond acceptors (Lipinski definition) is 4. The second-order valence-corrected chi connectivity index (χ2v) is 6.59. The second kappa shape index (κ2) is 11.9. The molecule has 3 rings (SSSR count). The van der Waals surface area contributed by atoms with Crippen molar-refractivity contribution in [2.45, 2.75) is 26.6 Å². The van der Waals surface area contributed by atoms with Crippen LogP contribution in [0.2, 0.25) is 0 Å². The number of carbonyl (C=O) groups is 1. The van der Waals surface area contributed by atoms with Crippen LogP contribution in [-0.2, 0) is 19.7 Å². The summed E-state index contributed by atoms with van der Waals surface area (Å²) in [6.07, 6.45) is 0. The van der Waals surface area contributed by atoms with Gasteiger partial charge >= 0.3 is 5.97 Å². The molecule has 0 unspecified atom stereocenters. The highest BCUT2D eigenvalue weighted by Crippen LogP contribution is 2.29. The van der Waals surface area contributed by atoms with Crippen molar-refractivity contribution in [3.63, 3.8) is 0 Å². The van der Waals surface area contributed by atoms with Crippen LogP contribution in [0, 0.1) is 0 Å². The lowest BCUT2D eigenvalue weighted by atomic mass is 10.1. The summed E-state index contributed by atoms with van der Waals surface area (Å²) in [4.78, 5) is 10.9. The van der Waals surface area contributed by atoms with Crippen molar-refractivity contribution in [3.8, 4) is 11.5 Å². The minimum atomic E-state index is -0.914. The fourth-order valence-corrected chi connectivity index (χ4v) is 2.90. The van der Waals surface area contributed by atoms with E-state index in [0.717, 1.165) is 28.2 Å². The number of carboxylic acid groups (broad SMARTS) is 1. The van der Waals surface area contributed by atoms with Crippen molar-refractivity contribution >= 4 is 18.4 Å². The van der Waals surface area contributed by atoms with Crippen molar-refractivity contribution < 1.29 is 19.4 Å². The molecule has 0 radical (unpaired) electrons. The SMILES string of the molecule is CCOc1cc(CNCc2ccc(C(=O)O)cc2)ccc1OCc1ccccc1.Cl. The van der Waals surface area contributed by atoms with Gasteiger partial charge in [-0.15, -0.1) is 12.4 Å². The topological polar surface area (TPSA) is 67.8 Å². The van der Waals surface area contributed by atoms with Gasteiger partial charge in [0.05, 0.1) is 12.2 Å². The van der Waals surface area contributed by atoms with Gasteiger partial charge < -0.3 is 19.9 Å². The van der Waals surface area contributed by atoms with E-state index in [9.17, 15) is 4.79 Å². The Hall–Kier alpha value is -3.02. The quantitative estimate of drug-likeness (QED) is 0.472. The maximum absolute atomic E-state index is 10.9. The van der Waals surface area contributed by atoms with Gasteiger partial charge in [0.2, 0.25) is 0 Å². The Morgan fingerprint density at radius 1 is 0.833 bits per heavy atom. The first-order valence-electron chi connectivity index (χ1n) is 9.61. The molecular formula is C24H26ClNO4. The van der Waals surface area contributed by atoms with Gasteiger partial charge in [0.25, 0.3) is 0 Å². The third-order valence-corrected chi connectivity index (χ3v) is 4.40. The third-order valence-electron chi connectivity index (χ3n) is 4.40. The van der Waals surface area contributed by atoms with Gasteiger partial charge in [0.15, 0.2) is 11.5 Å². The zero-order valence-electron chi connectivity index (χ0n) is 16.8. The maximum atomic E-state index is 10.9. The van der Waals surface area contributed by atoms with Crippen LogP contribution in [0.1, 0.15) is 34.0 Å².